The highest BCUT2D eigenvalue weighted by molar-refractivity contribution is 7.89. The normalized spacial score (nSPS) is 15.7. The average Bonchev–Trinajstić information content (AvgIpc) is 3.11. The minimum atomic E-state index is -3.65. The Morgan fingerprint density at radius 1 is 1.27 bits per heavy atom. The number of hydrogen-bond acceptors (Lipinski definition) is 5. The van der Waals surface area contributed by atoms with Crippen molar-refractivity contribution in [2.24, 2.45) is 0 Å². The van der Waals surface area contributed by atoms with E-state index in [9.17, 15) is 13.2 Å². The first-order valence-corrected chi connectivity index (χ1v) is 9.82. The molecule has 1 aliphatic rings. The van der Waals surface area contributed by atoms with Crippen molar-refractivity contribution in [2.45, 2.75) is 25.0 Å². The van der Waals surface area contributed by atoms with Gasteiger partial charge in [0.25, 0.3) is 10.0 Å². The molecule has 1 saturated heterocycles. The van der Waals surface area contributed by atoms with Gasteiger partial charge in [-0.3, -0.25) is 4.79 Å². The molecule has 0 saturated carbocycles. The number of ether oxygens (including phenoxy) is 1. The van der Waals surface area contributed by atoms with Crippen molar-refractivity contribution in [1.82, 2.24) is 19.2 Å². The number of imidazole rings is 1. The van der Waals surface area contributed by atoms with Crippen LogP contribution in [0.2, 0.25) is 0 Å². The number of nitrogens with one attached hydrogen (secondary N) is 1. The highest BCUT2D eigenvalue weighted by Gasteiger charge is 2.28. The van der Waals surface area contributed by atoms with E-state index in [-0.39, 0.29) is 17.5 Å². The van der Waals surface area contributed by atoms with Crippen LogP contribution in [0, 0.1) is 6.92 Å². The number of sulfonamides is 1. The summed E-state index contributed by atoms with van der Waals surface area (Å²) in [4.78, 5) is 16.1. The van der Waals surface area contributed by atoms with E-state index in [0.29, 0.717) is 32.8 Å². The number of carbonyl (C=O) groups is 1. The van der Waals surface area contributed by atoms with Crippen molar-refractivity contribution in [3.05, 3.63) is 47.9 Å². The van der Waals surface area contributed by atoms with E-state index in [1.165, 1.54) is 21.4 Å². The molecule has 1 aliphatic heterocycles. The molecular weight excluding hydrogens is 356 g/mol. The monoisotopic (exact) mass is 378 g/mol. The van der Waals surface area contributed by atoms with E-state index in [1.54, 1.807) is 0 Å². The van der Waals surface area contributed by atoms with Gasteiger partial charge in [0.2, 0.25) is 5.91 Å². The number of hydrogen-bond donors (Lipinski definition) is 1. The van der Waals surface area contributed by atoms with Gasteiger partial charge in [-0.05, 0) is 18.1 Å². The second-order valence-corrected chi connectivity index (χ2v) is 7.99. The number of nitrogens with zero attached hydrogens (tertiary/aromatic N) is 3. The fourth-order valence-corrected chi connectivity index (χ4v) is 4.05. The molecule has 2 heterocycles. The average molecular weight is 378 g/mol. The van der Waals surface area contributed by atoms with Gasteiger partial charge in [0.15, 0.2) is 5.03 Å². The van der Waals surface area contributed by atoms with Gasteiger partial charge in [0.05, 0.1) is 19.5 Å². The van der Waals surface area contributed by atoms with Crippen molar-refractivity contribution in [3.63, 3.8) is 0 Å². The number of rotatable bonds is 6. The Morgan fingerprint density at radius 3 is 2.73 bits per heavy atom. The molecule has 0 bridgehead atoms. The van der Waals surface area contributed by atoms with Crippen LogP contribution in [0.3, 0.4) is 0 Å². The molecule has 140 valence electrons. The van der Waals surface area contributed by atoms with Gasteiger partial charge in [-0.1, -0.05) is 24.3 Å². The summed E-state index contributed by atoms with van der Waals surface area (Å²) in [5, 5.41) is 2.79. The maximum atomic E-state index is 12.5. The molecule has 2 aromatic rings. The van der Waals surface area contributed by atoms with Gasteiger partial charge in [0.1, 0.15) is 6.54 Å². The van der Waals surface area contributed by atoms with Crippen LogP contribution >= 0.6 is 0 Å². The first-order chi connectivity index (χ1) is 12.5. The number of aromatic nitrogens is 2. The molecule has 1 aromatic carbocycles. The highest BCUT2D eigenvalue weighted by atomic mass is 32.2. The molecule has 26 heavy (non-hydrogen) atoms. The lowest BCUT2D eigenvalue weighted by Crippen LogP contribution is -2.40. The number of morpholine rings is 1. The molecule has 0 radical (unpaired) electrons. The summed E-state index contributed by atoms with van der Waals surface area (Å²) >= 11 is 0. The van der Waals surface area contributed by atoms with Crippen LogP contribution < -0.4 is 5.32 Å². The number of benzene rings is 1. The third-order valence-electron chi connectivity index (χ3n) is 4.25. The zero-order valence-corrected chi connectivity index (χ0v) is 15.4. The van der Waals surface area contributed by atoms with Crippen molar-refractivity contribution in [3.8, 4) is 0 Å². The molecule has 1 amide bonds. The SMILES string of the molecule is Cc1ccccc1CNC(=O)Cn1cnc(S(=O)(=O)N2CCOCC2)c1. The topological polar surface area (TPSA) is 93.5 Å². The predicted octanol–water partition coefficient (Wildman–Crippen LogP) is 0.529. The standard InChI is InChI=1S/C17H22N4O4S/c1-14-4-2-3-5-15(14)10-18-16(22)11-20-12-17(19-13-20)26(23,24)21-6-8-25-9-7-21/h2-5,12-13H,6-11H2,1H3,(H,18,22). The molecule has 8 nitrogen and oxygen atoms in total. The second kappa shape index (κ2) is 7.98. The molecule has 1 fully saturated rings. The molecule has 3 rings (SSSR count). The molecule has 0 atom stereocenters. The minimum Gasteiger partial charge on any atom is -0.379 e. The van der Waals surface area contributed by atoms with Crippen LogP contribution in [-0.2, 0) is 32.6 Å². The first-order valence-electron chi connectivity index (χ1n) is 8.38. The lowest BCUT2D eigenvalue weighted by molar-refractivity contribution is -0.121. The van der Waals surface area contributed by atoms with Crippen molar-refractivity contribution >= 4 is 15.9 Å². The molecule has 0 spiro atoms. The summed E-state index contributed by atoms with van der Waals surface area (Å²) in [7, 11) is -3.65. The highest BCUT2D eigenvalue weighted by Crippen LogP contribution is 2.15. The van der Waals surface area contributed by atoms with E-state index in [4.69, 9.17) is 4.74 Å². The number of amides is 1. The van der Waals surface area contributed by atoms with Crippen LogP contribution in [0.4, 0.5) is 0 Å². The summed E-state index contributed by atoms with van der Waals surface area (Å²) in [5.41, 5.74) is 2.15. The number of aryl methyl sites for hydroxylation is 1. The zero-order valence-electron chi connectivity index (χ0n) is 14.6. The Morgan fingerprint density at radius 2 is 2.00 bits per heavy atom. The minimum absolute atomic E-state index is 0.0114. The fourth-order valence-electron chi connectivity index (χ4n) is 2.70. The van der Waals surface area contributed by atoms with Crippen LogP contribution in [0.1, 0.15) is 11.1 Å². The van der Waals surface area contributed by atoms with Crippen LogP contribution in [0.25, 0.3) is 0 Å². The fraction of sp³-hybridized carbons (Fsp3) is 0.412. The summed E-state index contributed by atoms with van der Waals surface area (Å²) in [5.74, 6) is -0.207. The molecule has 0 unspecified atom stereocenters. The van der Waals surface area contributed by atoms with Crippen molar-refractivity contribution in [2.75, 3.05) is 26.3 Å². The van der Waals surface area contributed by atoms with Gasteiger partial charge < -0.3 is 14.6 Å². The van der Waals surface area contributed by atoms with Crippen molar-refractivity contribution in [1.29, 1.82) is 0 Å². The molecule has 1 aromatic heterocycles. The van der Waals surface area contributed by atoms with E-state index in [2.05, 4.69) is 10.3 Å². The van der Waals surface area contributed by atoms with Crippen molar-refractivity contribution < 1.29 is 17.9 Å². The van der Waals surface area contributed by atoms with Crippen LogP contribution in [0.15, 0.2) is 41.8 Å². The first kappa shape index (κ1) is 18.6. The summed E-state index contributed by atoms with van der Waals surface area (Å²) in [6, 6.07) is 7.82. The van der Waals surface area contributed by atoms with E-state index < -0.39 is 10.0 Å². The Balaban J connectivity index is 1.59. The third-order valence-corrected chi connectivity index (χ3v) is 6.03. The third kappa shape index (κ3) is 4.29. The quantitative estimate of drug-likeness (QED) is 0.791. The lowest BCUT2D eigenvalue weighted by atomic mass is 10.1. The van der Waals surface area contributed by atoms with Gasteiger partial charge in [-0.15, -0.1) is 0 Å². The molecule has 1 N–H and O–H groups in total. The Labute approximate surface area is 152 Å². The molecule has 9 heteroatoms. The van der Waals surface area contributed by atoms with Gasteiger partial charge in [-0.2, -0.15) is 4.31 Å². The van der Waals surface area contributed by atoms with E-state index in [1.807, 2.05) is 31.2 Å². The maximum absolute atomic E-state index is 12.5. The maximum Gasteiger partial charge on any atom is 0.262 e. The predicted molar refractivity (Wildman–Crippen MR) is 94.8 cm³/mol. The largest absolute Gasteiger partial charge is 0.379 e. The molecule has 0 aliphatic carbocycles. The Bertz CT molecular complexity index is 872. The molecular formula is C17H22N4O4S. The summed E-state index contributed by atoms with van der Waals surface area (Å²) < 4.78 is 33.1. The van der Waals surface area contributed by atoms with Gasteiger partial charge >= 0.3 is 0 Å². The van der Waals surface area contributed by atoms with Crippen LogP contribution in [-0.4, -0.2) is 54.5 Å². The summed E-state index contributed by atoms with van der Waals surface area (Å²) in [6.45, 7) is 3.80. The second-order valence-electron chi connectivity index (χ2n) is 6.10. The number of carbonyl (C=O) groups excluding carboxylic acids is 1. The summed E-state index contributed by atoms with van der Waals surface area (Å²) in [6.07, 6.45) is 2.75. The van der Waals surface area contributed by atoms with E-state index in [0.717, 1.165) is 11.1 Å². The van der Waals surface area contributed by atoms with Gasteiger partial charge in [0, 0.05) is 25.8 Å². The lowest BCUT2D eigenvalue weighted by Gasteiger charge is -2.24. The smallest absolute Gasteiger partial charge is 0.262 e. The van der Waals surface area contributed by atoms with E-state index >= 15 is 0 Å². The Hall–Kier alpha value is -2.23. The Kier molecular flexibility index (Phi) is 5.70. The van der Waals surface area contributed by atoms with Gasteiger partial charge in [-0.25, -0.2) is 13.4 Å². The van der Waals surface area contributed by atoms with Crippen LogP contribution in [0.5, 0.6) is 0 Å². The zero-order chi connectivity index (χ0) is 18.6.